The highest BCUT2D eigenvalue weighted by molar-refractivity contribution is 5.78. The third kappa shape index (κ3) is 4.53. The molecule has 0 amide bonds. The highest BCUT2D eigenvalue weighted by Gasteiger charge is 2.36. The largest absolute Gasteiger partial charge is 0.357 e. The molecule has 0 bridgehead atoms. The number of hydrogen-bond acceptors (Lipinski definition) is 5. The average molecular weight is 572 g/mol. The number of aromatic nitrogens is 4. The molecular formula is C32H32F3N7. The molecule has 4 N–H and O–H groups in total. The van der Waals surface area contributed by atoms with Crippen molar-refractivity contribution in [3.8, 4) is 0 Å². The molecule has 8 rings (SSSR count). The molecule has 0 spiro atoms. The van der Waals surface area contributed by atoms with E-state index in [0.29, 0.717) is 25.9 Å². The van der Waals surface area contributed by atoms with E-state index in [0.717, 1.165) is 63.4 Å². The van der Waals surface area contributed by atoms with Gasteiger partial charge in [-0.2, -0.15) is 0 Å². The number of anilines is 1. The maximum Gasteiger partial charge on any atom is 0.124 e. The van der Waals surface area contributed by atoms with Gasteiger partial charge in [0, 0.05) is 31.6 Å². The smallest absolute Gasteiger partial charge is 0.124 e. The first kappa shape index (κ1) is 25.8. The lowest BCUT2D eigenvalue weighted by Gasteiger charge is -2.33. The summed E-state index contributed by atoms with van der Waals surface area (Å²) in [6.45, 7) is 0.703. The van der Waals surface area contributed by atoms with Gasteiger partial charge in [0.2, 0.25) is 0 Å². The highest BCUT2D eigenvalue weighted by Crippen LogP contribution is 2.47. The van der Waals surface area contributed by atoms with Crippen molar-refractivity contribution >= 4 is 27.8 Å². The van der Waals surface area contributed by atoms with Gasteiger partial charge in [0.05, 0.1) is 46.2 Å². The van der Waals surface area contributed by atoms with Crippen LogP contribution in [-0.4, -0.2) is 45.4 Å². The van der Waals surface area contributed by atoms with E-state index >= 15 is 0 Å². The number of nitrogens with one attached hydrogen (secondary N) is 4. The van der Waals surface area contributed by atoms with E-state index in [9.17, 15) is 13.2 Å². The fourth-order valence-electron chi connectivity index (χ4n) is 7.08. The van der Waals surface area contributed by atoms with Crippen molar-refractivity contribution in [1.29, 1.82) is 0 Å². The molecule has 10 heteroatoms. The lowest BCUT2D eigenvalue weighted by molar-refractivity contribution is 0.354. The van der Waals surface area contributed by atoms with E-state index in [1.807, 2.05) is 24.3 Å². The monoisotopic (exact) mass is 571 g/mol. The number of nitrogens with zero attached hydrogens (tertiary/aromatic N) is 3. The van der Waals surface area contributed by atoms with Gasteiger partial charge >= 0.3 is 0 Å². The average Bonchev–Trinajstić information content (AvgIpc) is 3.82. The van der Waals surface area contributed by atoms with Gasteiger partial charge in [-0.15, -0.1) is 0 Å². The van der Waals surface area contributed by atoms with Gasteiger partial charge < -0.3 is 25.5 Å². The van der Waals surface area contributed by atoms with Crippen molar-refractivity contribution in [2.75, 3.05) is 18.0 Å². The van der Waals surface area contributed by atoms with E-state index in [-0.39, 0.29) is 30.0 Å². The van der Waals surface area contributed by atoms with Crippen LogP contribution in [0, 0.1) is 5.82 Å². The Morgan fingerprint density at radius 3 is 1.62 bits per heavy atom. The van der Waals surface area contributed by atoms with Crippen LogP contribution in [0.1, 0.15) is 72.6 Å². The molecule has 3 aromatic carbocycles. The first-order valence-electron chi connectivity index (χ1n) is 14.8. The first-order valence-corrected chi connectivity index (χ1v) is 14.8. The molecule has 7 nitrogen and oxygen atoms in total. The van der Waals surface area contributed by atoms with Crippen molar-refractivity contribution in [3.63, 3.8) is 0 Å². The number of aromatic amines is 2. The standard InChI is InChI=1S/C32H32F3N7/c33-19-3-5-22(6-4-19)42-29(17-1-7-23-25(11-17)40-31(38-23)27-13-20(34)15-36-27)9-10-30(42)18-2-8-24-26(12-18)41-32(39-24)28-14-21(35)16-37-28/h1-8,11-12,20-21,27-30,36-37H,9-10,13-16H2,(H,38,40)(H,39,41)/t20-,21-,27-,28-,29+,30+/m0/s1. The van der Waals surface area contributed by atoms with Crippen LogP contribution in [0.15, 0.2) is 60.7 Å². The highest BCUT2D eigenvalue weighted by atomic mass is 19.1. The Bertz CT molecular complexity index is 1640. The number of rotatable bonds is 5. The lowest BCUT2D eigenvalue weighted by atomic mass is 10.0. The van der Waals surface area contributed by atoms with Crippen LogP contribution in [0.4, 0.5) is 18.9 Å². The summed E-state index contributed by atoms with van der Waals surface area (Å²) in [4.78, 5) is 18.7. The molecule has 0 saturated carbocycles. The van der Waals surface area contributed by atoms with Crippen LogP contribution < -0.4 is 15.5 Å². The maximum atomic E-state index is 14.0. The predicted octanol–water partition coefficient (Wildman–Crippen LogP) is 6.41. The van der Waals surface area contributed by atoms with Crippen LogP contribution in [0.25, 0.3) is 22.1 Å². The van der Waals surface area contributed by atoms with Gasteiger partial charge in [0.25, 0.3) is 0 Å². The molecule has 2 aromatic heterocycles. The third-order valence-corrected chi connectivity index (χ3v) is 9.14. The molecular weight excluding hydrogens is 539 g/mol. The summed E-state index contributed by atoms with van der Waals surface area (Å²) >= 11 is 0. The van der Waals surface area contributed by atoms with Crippen LogP contribution >= 0.6 is 0 Å². The number of fused-ring (bicyclic) bond motifs is 2. The summed E-state index contributed by atoms with van der Waals surface area (Å²) in [6.07, 6.45) is 0.966. The summed E-state index contributed by atoms with van der Waals surface area (Å²) in [6, 6.07) is 19.2. The summed E-state index contributed by atoms with van der Waals surface area (Å²) < 4.78 is 41.6. The molecule has 0 radical (unpaired) electrons. The molecule has 3 aliphatic heterocycles. The van der Waals surface area contributed by atoms with Crippen LogP contribution in [0.3, 0.4) is 0 Å². The van der Waals surface area contributed by atoms with Gasteiger partial charge in [0.1, 0.15) is 29.8 Å². The summed E-state index contributed by atoms with van der Waals surface area (Å²) in [5.74, 6) is 1.27. The molecule has 5 heterocycles. The van der Waals surface area contributed by atoms with Gasteiger partial charge in [-0.1, -0.05) is 12.1 Å². The van der Waals surface area contributed by atoms with E-state index in [4.69, 9.17) is 9.97 Å². The van der Waals surface area contributed by atoms with E-state index in [1.165, 1.54) is 12.1 Å². The third-order valence-electron chi connectivity index (χ3n) is 9.14. The molecule has 5 aromatic rings. The van der Waals surface area contributed by atoms with Crippen molar-refractivity contribution < 1.29 is 13.2 Å². The number of imidazole rings is 2. The Hall–Kier alpha value is -3.89. The molecule has 0 aliphatic carbocycles. The van der Waals surface area contributed by atoms with Crippen molar-refractivity contribution in [1.82, 2.24) is 30.6 Å². The number of hydrogen-bond donors (Lipinski definition) is 4. The van der Waals surface area contributed by atoms with Gasteiger partial charge in [-0.25, -0.2) is 23.1 Å². The van der Waals surface area contributed by atoms with Gasteiger partial charge in [-0.05, 0) is 72.5 Å². The Labute approximate surface area is 240 Å². The zero-order valence-corrected chi connectivity index (χ0v) is 23.0. The number of benzene rings is 3. The van der Waals surface area contributed by atoms with E-state index in [2.05, 4.69) is 49.8 Å². The quantitative estimate of drug-likeness (QED) is 0.196. The van der Waals surface area contributed by atoms with Gasteiger partial charge in [-0.3, -0.25) is 0 Å². The molecule has 6 atom stereocenters. The lowest BCUT2D eigenvalue weighted by Crippen LogP contribution is -2.26. The Kier molecular flexibility index (Phi) is 6.22. The molecule has 3 fully saturated rings. The fourth-order valence-corrected chi connectivity index (χ4v) is 7.08. The van der Waals surface area contributed by atoms with Crippen LogP contribution in [-0.2, 0) is 0 Å². The van der Waals surface area contributed by atoms with Crippen molar-refractivity contribution in [2.45, 2.75) is 62.2 Å². The minimum Gasteiger partial charge on any atom is -0.357 e. The second-order valence-electron chi connectivity index (χ2n) is 11.9. The summed E-state index contributed by atoms with van der Waals surface area (Å²) in [7, 11) is 0. The predicted molar refractivity (Wildman–Crippen MR) is 156 cm³/mol. The van der Waals surface area contributed by atoms with E-state index in [1.54, 1.807) is 0 Å². The molecule has 3 saturated heterocycles. The molecule has 42 heavy (non-hydrogen) atoms. The number of H-pyrrole nitrogens is 2. The minimum absolute atomic E-state index is 0.0636. The minimum atomic E-state index is -0.854. The molecule has 0 unspecified atom stereocenters. The van der Waals surface area contributed by atoms with Crippen LogP contribution in [0.5, 0.6) is 0 Å². The zero-order valence-electron chi connectivity index (χ0n) is 23.0. The summed E-state index contributed by atoms with van der Waals surface area (Å²) in [5.41, 5.74) is 6.81. The van der Waals surface area contributed by atoms with Crippen molar-refractivity contribution in [3.05, 3.63) is 89.3 Å². The second-order valence-corrected chi connectivity index (χ2v) is 11.9. The Morgan fingerprint density at radius 1 is 0.667 bits per heavy atom. The molecule has 216 valence electrons. The van der Waals surface area contributed by atoms with Crippen molar-refractivity contribution in [2.24, 2.45) is 0 Å². The SMILES string of the molecule is Fc1ccc(N2[C@@H](c3ccc4nc([C@@H]5C[C@H](F)CN5)[nH]c4c3)CC[C@@H]2c2ccc3nc([C@@H]4C[C@H](F)CN4)[nH]c3c2)cc1. The first-order chi connectivity index (χ1) is 20.5. The topological polar surface area (TPSA) is 84.7 Å². The maximum absolute atomic E-state index is 14.0. The zero-order chi connectivity index (χ0) is 28.4. The van der Waals surface area contributed by atoms with E-state index < -0.39 is 12.3 Å². The van der Waals surface area contributed by atoms with Crippen LogP contribution in [0.2, 0.25) is 0 Å². The number of alkyl halides is 2. The second kappa shape index (κ2) is 10.1. The summed E-state index contributed by atoms with van der Waals surface area (Å²) in [5, 5.41) is 6.41. The molecule has 3 aliphatic rings. The Balaban J connectivity index is 1.14. The van der Waals surface area contributed by atoms with Gasteiger partial charge in [0.15, 0.2) is 0 Å². The Morgan fingerprint density at radius 2 is 1.17 bits per heavy atom. The fraction of sp³-hybridized carbons (Fsp3) is 0.375. The normalized spacial score (nSPS) is 28.0. The number of halogens is 3.